The van der Waals surface area contributed by atoms with Gasteiger partial charge in [-0.3, -0.25) is 4.79 Å². The van der Waals surface area contributed by atoms with Gasteiger partial charge >= 0.3 is 0 Å². The molecule has 1 aliphatic heterocycles. The molecule has 1 aromatic carbocycles. The second kappa shape index (κ2) is 6.92. The second-order valence-electron chi connectivity index (χ2n) is 5.61. The van der Waals surface area contributed by atoms with Crippen LogP contribution in [-0.2, 0) is 0 Å². The Morgan fingerprint density at radius 1 is 1.26 bits per heavy atom. The van der Waals surface area contributed by atoms with E-state index >= 15 is 0 Å². The van der Waals surface area contributed by atoms with Crippen molar-refractivity contribution in [3.63, 3.8) is 0 Å². The van der Waals surface area contributed by atoms with Crippen molar-refractivity contribution in [1.82, 2.24) is 10.6 Å². The number of piperidine rings is 1. The Balaban J connectivity index is 0.00000180. The van der Waals surface area contributed by atoms with Gasteiger partial charge in [0.2, 0.25) is 0 Å². The first-order chi connectivity index (χ1) is 8.59. The van der Waals surface area contributed by atoms with Crippen molar-refractivity contribution in [1.29, 1.82) is 0 Å². The van der Waals surface area contributed by atoms with Crippen LogP contribution >= 0.6 is 12.4 Å². The van der Waals surface area contributed by atoms with Gasteiger partial charge < -0.3 is 10.6 Å². The lowest BCUT2D eigenvalue weighted by Gasteiger charge is -2.34. The van der Waals surface area contributed by atoms with Crippen LogP contribution in [0.2, 0.25) is 0 Å². The third-order valence-electron chi connectivity index (χ3n) is 3.80. The van der Waals surface area contributed by atoms with Crippen molar-refractivity contribution in [2.75, 3.05) is 19.6 Å². The van der Waals surface area contributed by atoms with E-state index in [-0.39, 0.29) is 23.7 Å². The van der Waals surface area contributed by atoms with Crippen molar-refractivity contribution in [3.8, 4) is 0 Å². The van der Waals surface area contributed by atoms with Gasteiger partial charge in [-0.25, -0.2) is 0 Å². The lowest BCUT2D eigenvalue weighted by molar-refractivity contribution is 0.0922. The summed E-state index contributed by atoms with van der Waals surface area (Å²) in [6, 6.07) is 7.72. The van der Waals surface area contributed by atoms with Crippen molar-refractivity contribution in [2.24, 2.45) is 5.41 Å². The van der Waals surface area contributed by atoms with Crippen molar-refractivity contribution in [2.45, 2.75) is 26.7 Å². The summed E-state index contributed by atoms with van der Waals surface area (Å²) in [5.41, 5.74) is 2.17. The fourth-order valence-corrected chi connectivity index (χ4v) is 2.31. The van der Waals surface area contributed by atoms with Gasteiger partial charge in [-0.15, -0.1) is 12.4 Å². The SMILES string of the molecule is Cc1ccc(C(=O)NCC2(C)CCNCC2)cc1.Cl. The molecule has 0 aromatic heterocycles. The monoisotopic (exact) mass is 282 g/mol. The Morgan fingerprint density at radius 3 is 2.42 bits per heavy atom. The van der Waals surface area contributed by atoms with Crippen LogP contribution in [0.25, 0.3) is 0 Å². The molecule has 1 aromatic rings. The van der Waals surface area contributed by atoms with Crippen LogP contribution in [-0.4, -0.2) is 25.5 Å². The molecule has 4 heteroatoms. The molecule has 0 bridgehead atoms. The maximum atomic E-state index is 12.0. The Labute approximate surface area is 121 Å². The van der Waals surface area contributed by atoms with E-state index in [1.807, 2.05) is 31.2 Å². The molecule has 1 saturated heterocycles. The topological polar surface area (TPSA) is 41.1 Å². The van der Waals surface area contributed by atoms with Crippen LogP contribution in [0.1, 0.15) is 35.7 Å². The Morgan fingerprint density at radius 2 is 1.84 bits per heavy atom. The normalized spacial score (nSPS) is 17.4. The predicted octanol–water partition coefficient (Wildman–Crippen LogP) is 2.54. The molecule has 1 aliphatic rings. The highest BCUT2D eigenvalue weighted by Gasteiger charge is 2.27. The summed E-state index contributed by atoms with van der Waals surface area (Å²) in [6.07, 6.45) is 2.25. The van der Waals surface area contributed by atoms with Gasteiger partial charge in [-0.2, -0.15) is 0 Å². The summed E-state index contributed by atoms with van der Waals surface area (Å²) in [4.78, 5) is 12.0. The fraction of sp³-hybridized carbons (Fsp3) is 0.533. The summed E-state index contributed by atoms with van der Waals surface area (Å²) >= 11 is 0. The highest BCUT2D eigenvalue weighted by Crippen LogP contribution is 2.26. The third-order valence-corrected chi connectivity index (χ3v) is 3.80. The van der Waals surface area contributed by atoms with Gasteiger partial charge in [-0.1, -0.05) is 24.6 Å². The fourth-order valence-electron chi connectivity index (χ4n) is 2.31. The molecule has 19 heavy (non-hydrogen) atoms. The molecule has 1 fully saturated rings. The first-order valence-electron chi connectivity index (χ1n) is 6.65. The zero-order chi connectivity index (χ0) is 13.0. The standard InChI is InChI=1S/C15H22N2O.ClH/c1-12-3-5-13(6-4-12)14(18)17-11-15(2)7-9-16-10-8-15;/h3-6,16H,7-11H2,1-2H3,(H,17,18);1H. The number of aryl methyl sites for hydroxylation is 1. The summed E-state index contributed by atoms with van der Waals surface area (Å²) in [5, 5.41) is 6.41. The Hall–Kier alpha value is -1.06. The van der Waals surface area contributed by atoms with Gasteiger partial charge in [0, 0.05) is 12.1 Å². The van der Waals surface area contributed by atoms with Crippen molar-refractivity contribution >= 4 is 18.3 Å². The molecule has 106 valence electrons. The largest absolute Gasteiger partial charge is 0.351 e. The van der Waals surface area contributed by atoms with E-state index in [1.165, 1.54) is 5.56 Å². The molecule has 0 aliphatic carbocycles. The van der Waals surface area contributed by atoms with Gasteiger partial charge in [-0.05, 0) is 50.4 Å². The maximum absolute atomic E-state index is 12.0. The van der Waals surface area contributed by atoms with Crippen molar-refractivity contribution < 1.29 is 4.79 Å². The predicted molar refractivity (Wildman–Crippen MR) is 81.0 cm³/mol. The molecule has 0 atom stereocenters. The van der Waals surface area contributed by atoms with E-state index in [1.54, 1.807) is 0 Å². The number of carbonyl (C=O) groups is 1. The maximum Gasteiger partial charge on any atom is 0.251 e. The number of rotatable bonds is 3. The summed E-state index contributed by atoms with van der Waals surface area (Å²) in [6.45, 7) is 7.15. The molecule has 1 amide bonds. The minimum absolute atomic E-state index is 0. The molecule has 0 unspecified atom stereocenters. The quantitative estimate of drug-likeness (QED) is 0.894. The van der Waals surface area contributed by atoms with Crippen LogP contribution in [0.3, 0.4) is 0 Å². The third kappa shape index (κ3) is 4.51. The number of hydrogen-bond donors (Lipinski definition) is 2. The number of halogens is 1. The number of amides is 1. The van der Waals surface area contributed by atoms with Crippen LogP contribution in [0.5, 0.6) is 0 Å². The molecular formula is C15H23ClN2O. The molecule has 3 nitrogen and oxygen atoms in total. The smallest absolute Gasteiger partial charge is 0.251 e. The highest BCUT2D eigenvalue weighted by molar-refractivity contribution is 5.94. The van der Waals surface area contributed by atoms with E-state index in [0.29, 0.717) is 0 Å². The van der Waals surface area contributed by atoms with E-state index in [0.717, 1.165) is 38.0 Å². The molecule has 0 radical (unpaired) electrons. The molecule has 0 saturated carbocycles. The van der Waals surface area contributed by atoms with Crippen LogP contribution < -0.4 is 10.6 Å². The average Bonchev–Trinajstić information content (AvgIpc) is 2.38. The van der Waals surface area contributed by atoms with Crippen LogP contribution in [0.4, 0.5) is 0 Å². The summed E-state index contributed by atoms with van der Waals surface area (Å²) < 4.78 is 0. The van der Waals surface area contributed by atoms with E-state index in [4.69, 9.17) is 0 Å². The van der Waals surface area contributed by atoms with Gasteiger partial charge in [0.05, 0.1) is 0 Å². The van der Waals surface area contributed by atoms with Gasteiger partial charge in [0.25, 0.3) is 5.91 Å². The molecule has 2 N–H and O–H groups in total. The average molecular weight is 283 g/mol. The minimum atomic E-state index is 0. The number of carbonyl (C=O) groups excluding carboxylic acids is 1. The lowest BCUT2D eigenvalue weighted by Crippen LogP contribution is -2.42. The first-order valence-corrected chi connectivity index (χ1v) is 6.65. The molecule has 0 spiro atoms. The highest BCUT2D eigenvalue weighted by atomic mass is 35.5. The Kier molecular flexibility index (Phi) is 5.83. The number of hydrogen-bond acceptors (Lipinski definition) is 2. The second-order valence-corrected chi connectivity index (χ2v) is 5.61. The molecule has 2 rings (SSSR count). The molecular weight excluding hydrogens is 260 g/mol. The van der Waals surface area contributed by atoms with Crippen molar-refractivity contribution in [3.05, 3.63) is 35.4 Å². The zero-order valence-electron chi connectivity index (χ0n) is 11.7. The lowest BCUT2D eigenvalue weighted by atomic mass is 9.81. The Bertz CT molecular complexity index is 411. The van der Waals surface area contributed by atoms with Crippen LogP contribution in [0, 0.1) is 12.3 Å². The van der Waals surface area contributed by atoms with E-state index in [9.17, 15) is 4.79 Å². The first kappa shape index (κ1) is 16.0. The number of benzene rings is 1. The molecule has 1 heterocycles. The van der Waals surface area contributed by atoms with E-state index in [2.05, 4.69) is 17.6 Å². The zero-order valence-corrected chi connectivity index (χ0v) is 12.5. The minimum Gasteiger partial charge on any atom is -0.351 e. The van der Waals surface area contributed by atoms with Gasteiger partial charge in [0.1, 0.15) is 0 Å². The van der Waals surface area contributed by atoms with Gasteiger partial charge in [0.15, 0.2) is 0 Å². The summed E-state index contributed by atoms with van der Waals surface area (Å²) in [7, 11) is 0. The van der Waals surface area contributed by atoms with Crippen LogP contribution in [0.15, 0.2) is 24.3 Å². The number of nitrogens with one attached hydrogen (secondary N) is 2. The summed E-state index contributed by atoms with van der Waals surface area (Å²) in [5.74, 6) is 0.0368. The van der Waals surface area contributed by atoms with E-state index < -0.39 is 0 Å².